The molecule has 0 saturated heterocycles. The second-order valence-corrected chi connectivity index (χ2v) is 5.06. The molecule has 0 spiro atoms. The van der Waals surface area contributed by atoms with E-state index >= 15 is 0 Å². The minimum Gasteiger partial charge on any atom is -0.370 e. The highest BCUT2D eigenvalue weighted by atomic mass is 32.1. The lowest BCUT2D eigenvalue weighted by molar-refractivity contribution is 0.627. The van der Waals surface area contributed by atoms with Gasteiger partial charge in [-0.1, -0.05) is 6.92 Å². The van der Waals surface area contributed by atoms with Gasteiger partial charge in [-0.2, -0.15) is 0 Å². The predicted octanol–water partition coefficient (Wildman–Crippen LogP) is 2.29. The molecule has 0 bridgehead atoms. The summed E-state index contributed by atoms with van der Waals surface area (Å²) in [6, 6.07) is 5.90. The standard InChI is InChI=1S/C12H17N5S/c1-9(6-13)7-14-10-5-11(16-8-15-10)17-12-3-2-4-18-12/h2-5,8-9H,6-7,13H2,1H3,(H2,14,15,16,17). The summed E-state index contributed by atoms with van der Waals surface area (Å²) in [5.41, 5.74) is 5.57. The first-order chi connectivity index (χ1) is 8.78. The molecule has 0 amide bonds. The van der Waals surface area contributed by atoms with Gasteiger partial charge in [-0.15, -0.1) is 11.3 Å². The van der Waals surface area contributed by atoms with Crippen LogP contribution in [-0.2, 0) is 0 Å². The molecule has 0 aliphatic rings. The molecule has 0 aliphatic carbocycles. The highest BCUT2D eigenvalue weighted by Gasteiger charge is 2.02. The first-order valence-electron chi connectivity index (χ1n) is 5.84. The summed E-state index contributed by atoms with van der Waals surface area (Å²) in [6.07, 6.45) is 1.55. The number of hydrogen-bond donors (Lipinski definition) is 3. The smallest absolute Gasteiger partial charge is 0.136 e. The molecule has 1 unspecified atom stereocenters. The largest absolute Gasteiger partial charge is 0.370 e. The molecule has 2 aromatic heterocycles. The summed E-state index contributed by atoms with van der Waals surface area (Å²) < 4.78 is 0. The number of hydrogen-bond acceptors (Lipinski definition) is 6. The molecular weight excluding hydrogens is 246 g/mol. The van der Waals surface area contributed by atoms with Crippen molar-refractivity contribution in [1.29, 1.82) is 0 Å². The van der Waals surface area contributed by atoms with Gasteiger partial charge in [0.2, 0.25) is 0 Å². The second-order valence-electron chi connectivity index (χ2n) is 4.11. The van der Waals surface area contributed by atoms with E-state index in [4.69, 9.17) is 5.73 Å². The van der Waals surface area contributed by atoms with Gasteiger partial charge in [0.05, 0.1) is 5.00 Å². The Morgan fingerprint density at radius 3 is 2.94 bits per heavy atom. The second kappa shape index (κ2) is 6.32. The third-order valence-corrected chi connectivity index (χ3v) is 3.26. The van der Waals surface area contributed by atoms with Crippen molar-refractivity contribution in [2.24, 2.45) is 11.7 Å². The first kappa shape index (κ1) is 12.8. The number of anilines is 3. The Morgan fingerprint density at radius 1 is 1.39 bits per heavy atom. The monoisotopic (exact) mass is 263 g/mol. The lowest BCUT2D eigenvalue weighted by atomic mass is 10.2. The van der Waals surface area contributed by atoms with E-state index in [0.717, 1.165) is 23.2 Å². The zero-order chi connectivity index (χ0) is 12.8. The van der Waals surface area contributed by atoms with Gasteiger partial charge in [-0.25, -0.2) is 9.97 Å². The van der Waals surface area contributed by atoms with E-state index in [9.17, 15) is 0 Å². The van der Waals surface area contributed by atoms with Crippen molar-refractivity contribution in [3.05, 3.63) is 29.9 Å². The zero-order valence-corrected chi connectivity index (χ0v) is 11.1. The number of rotatable bonds is 6. The van der Waals surface area contributed by atoms with Gasteiger partial charge in [0.15, 0.2) is 0 Å². The molecule has 2 rings (SSSR count). The maximum absolute atomic E-state index is 5.57. The van der Waals surface area contributed by atoms with Crippen LogP contribution >= 0.6 is 11.3 Å². The van der Waals surface area contributed by atoms with Crippen LogP contribution in [0.5, 0.6) is 0 Å². The third kappa shape index (κ3) is 3.68. The van der Waals surface area contributed by atoms with Crippen molar-refractivity contribution in [2.75, 3.05) is 23.7 Å². The minimum atomic E-state index is 0.425. The average molecular weight is 263 g/mol. The first-order valence-corrected chi connectivity index (χ1v) is 6.72. The van der Waals surface area contributed by atoms with Gasteiger partial charge in [0.25, 0.3) is 0 Å². The lowest BCUT2D eigenvalue weighted by Gasteiger charge is -2.11. The van der Waals surface area contributed by atoms with Crippen LogP contribution < -0.4 is 16.4 Å². The fourth-order valence-corrected chi connectivity index (χ4v) is 1.98. The number of nitrogens with two attached hydrogens (primary N) is 1. The average Bonchev–Trinajstić information content (AvgIpc) is 2.89. The number of nitrogens with one attached hydrogen (secondary N) is 2. The fraction of sp³-hybridized carbons (Fsp3) is 0.333. The molecule has 6 heteroatoms. The molecule has 4 N–H and O–H groups in total. The zero-order valence-electron chi connectivity index (χ0n) is 10.3. The summed E-state index contributed by atoms with van der Waals surface area (Å²) in [5.74, 6) is 2.02. The van der Waals surface area contributed by atoms with Crippen LogP contribution in [0.15, 0.2) is 29.9 Å². The van der Waals surface area contributed by atoms with Gasteiger partial charge in [0, 0.05) is 12.6 Å². The molecule has 2 aromatic rings. The van der Waals surface area contributed by atoms with E-state index < -0.39 is 0 Å². The Morgan fingerprint density at radius 2 is 2.22 bits per heavy atom. The highest BCUT2D eigenvalue weighted by molar-refractivity contribution is 7.14. The van der Waals surface area contributed by atoms with Crippen molar-refractivity contribution in [3.8, 4) is 0 Å². The van der Waals surface area contributed by atoms with Crippen molar-refractivity contribution in [2.45, 2.75) is 6.92 Å². The number of thiophene rings is 1. The van der Waals surface area contributed by atoms with E-state index in [1.165, 1.54) is 0 Å². The molecule has 0 fully saturated rings. The van der Waals surface area contributed by atoms with E-state index in [1.54, 1.807) is 17.7 Å². The van der Waals surface area contributed by atoms with Crippen LogP contribution in [0.25, 0.3) is 0 Å². The number of aromatic nitrogens is 2. The fourth-order valence-electron chi connectivity index (χ4n) is 1.36. The molecular formula is C12H17N5S. The molecule has 96 valence electrons. The van der Waals surface area contributed by atoms with Gasteiger partial charge in [-0.05, 0) is 30.0 Å². The normalized spacial score (nSPS) is 12.1. The quantitative estimate of drug-likeness (QED) is 0.745. The minimum absolute atomic E-state index is 0.425. The summed E-state index contributed by atoms with van der Waals surface area (Å²) in [7, 11) is 0. The summed E-state index contributed by atoms with van der Waals surface area (Å²) in [6.45, 7) is 3.57. The Labute approximate surface area is 110 Å². The van der Waals surface area contributed by atoms with Crippen LogP contribution in [0.4, 0.5) is 16.6 Å². The molecule has 2 heterocycles. The topological polar surface area (TPSA) is 75.9 Å². The summed E-state index contributed by atoms with van der Waals surface area (Å²) in [5, 5.41) is 9.56. The van der Waals surface area contributed by atoms with Gasteiger partial charge < -0.3 is 16.4 Å². The van der Waals surface area contributed by atoms with Crippen LogP contribution in [0.3, 0.4) is 0 Å². The van der Waals surface area contributed by atoms with Gasteiger partial charge >= 0.3 is 0 Å². The van der Waals surface area contributed by atoms with Gasteiger partial charge in [0.1, 0.15) is 18.0 Å². The van der Waals surface area contributed by atoms with E-state index in [0.29, 0.717) is 12.5 Å². The van der Waals surface area contributed by atoms with Crippen molar-refractivity contribution >= 4 is 28.0 Å². The predicted molar refractivity (Wildman–Crippen MR) is 76.3 cm³/mol. The highest BCUT2D eigenvalue weighted by Crippen LogP contribution is 2.20. The molecule has 0 saturated carbocycles. The Bertz CT molecular complexity index is 471. The Balaban J connectivity index is 1.96. The third-order valence-electron chi connectivity index (χ3n) is 2.47. The van der Waals surface area contributed by atoms with Crippen molar-refractivity contribution < 1.29 is 0 Å². The maximum Gasteiger partial charge on any atom is 0.136 e. The van der Waals surface area contributed by atoms with Crippen LogP contribution in [-0.4, -0.2) is 23.1 Å². The molecule has 0 aliphatic heterocycles. The Kier molecular flexibility index (Phi) is 4.49. The number of nitrogens with zero attached hydrogens (tertiary/aromatic N) is 2. The SMILES string of the molecule is CC(CN)CNc1cc(Nc2cccs2)ncn1. The Hall–Kier alpha value is -1.66. The van der Waals surface area contributed by atoms with Crippen LogP contribution in [0, 0.1) is 5.92 Å². The molecule has 18 heavy (non-hydrogen) atoms. The summed E-state index contributed by atoms with van der Waals surface area (Å²) >= 11 is 1.64. The molecule has 1 atom stereocenters. The van der Waals surface area contributed by atoms with Gasteiger partial charge in [-0.3, -0.25) is 0 Å². The molecule has 0 radical (unpaired) electrons. The maximum atomic E-state index is 5.57. The molecule has 0 aromatic carbocycles. The van der Waals surface area contributed by atoms with E-state index in [2.05, 4.69) is 27.5 Å². The van der Waals surface area contributed by atoms with E-state index in [-0.39, 0.29) is 0 Å². The van der Waals surface area contributed by atoms with Crippen molar-refractivity contribution in [1.82, 2.24) is 9.97 Å². The van der Waals surface area contributed by atoms with Crippen LogP contribution in [0.2, 0.25) is 0 Å². The van der Waals surface area contributed by atoms with Crippen LogP contribution in [0.1, 0.15) is 6.92 Å². The van der Waals surface area contributed by atoms with Crippen molar-refractivity contribution in [3.63, 3.8) is 0 Å². The lowest BCUT2D eigenvalue weighted by Crippen LogP contribution is -2.20. The molecule has 5 nitrogen and oxygen atoms in total. The van der Waals surface area contributed by atoms with E-state index in [1.807, 2.05) is 23.6 Å². The summed E-state index contributed by atoms with van der Waals surface area (Å²) in [4.78, 5) is 8.36.